The van der Waals surface area contributed by atoms with Crippen LogP contribution in [0, 0.1) is 0 Å². The van der Waals surface area contributed by atoms with Gasteiger partial charge in [0.1, 0.15) is 9.84 Å². The molecular formula is C20H31N3O3S. The van der Waals surface area contributed by atoms with Gasteiger partial charge in [-0.15, -0.1) is 0 Å². The molecule has 2 fully saturated rings. The zero-order valence-electron chi connectivity index (χ0n) is 16.2. The number of hydrogen-bond acceptors (Lipinski definition) is 4. The third kappa shape index (κ3) is 5.86. The molecule has 1 N–H and O–H groups in total. The minimum absolute atomic E-state index is 0.0359. The van der Waals surface area contributed by atoms with Crippen molar-refractivity contribution < 1.29 is 13.2 Å². The van der Waals surface area contributed by atoms with Crippen LogP contribution in [0.25, 0.3) is 0 Å². The van der Waals surface area contributed by atoms with Gasteiger partial charge >= 0.3 is 6.03 Å². The summed E-state index contributed by atoms with van der Waals surface area (Å²) in [6.07, 6.45) is 8.84. The lowest BCUT2D eigenvalue weighted by Gasteiger charge is -2.35. The number of carbonyl (C=O) groups excluding carboxylic acids is 1. The summed E-state index contributed by atoms with van der Waals surface area (Å²) in [5, 5.41) is 2.99. The molecule has 6 nitrogen and oxygen atoms in total. The van der Waals surface area contributed by atoms with Gasteiger partial charge < -0.3 is 15.1 Å². The third-order valence-corrected chi connectivity index (χ3v) is 6.44. The Labute approximate surface area is 162 Å². The van der Waals surface area contributed by atoms with Gasteiger partial charge in [0.15, 0.2) is 0 Å². The smallest absolute Gasteiger partial charge is 0.322 e. The molecule has 0 saturated carbocycles. The van der Waals surface area contributed by atoms with Crippen LogP contribution in [-0.4, -0.2) is 57.0 Å². The second kappa shape index (κ2) is 8.95. The van der Waals surface area contributed by atoms with Gasteiger partial charge in [0.05, 0.1) is 5.75 Å². The molecule has 1 unspecified atom stereocenters. The van der Waals surface area contributed by atoms with Crippen LogP contribution in [0.5, 0.6) is 0 Å². The van der Waals surface area contributed by atoms with Gasteiger partial charge in [-0.25, -0.2) is 13.2 Å². The highest BCUT2D eigenvalue weighted by Gasteiger charge is 2.29. The van der Waals surface area contributed by atoms with Crippen LogP contribution in [0.15, 0.2) is 24.3 Å². The molecule has 150 valence electrons. The predicted octanol–water partition coefficient (Wildman–Crippen LogP) is 3.50. The number of rotatable bonds is 4. The Hall–Kier alpha value is -1.76. The summed E-state index contributed by atoms with van der Waals surface area (Å²) in [7, 11) is -3.12. The molecule has 2 aliphatic heterocycles. The molecule has 0 bridgehead atoms. The Balaban J connectivity index is 1.68. The highest BCUT2D eigenvalue weighted by atomic mass is 32.2. The van der Waals surface area contributed by atoms with E-state index in [9.17, 15) is 13.2 Å². The van der Waals surface area contributed by atoms with E-state index >= 15 is 0 Å². The second-order valence-corrected chi connectivity index (χ2v) is 10.0. The van der Waals surface area contributed by atoms with Crippen molar-refractivity contribution in [2.75, 3.05) is 41.9 Å². The number of amides is 2. The first-order chi connectivity index (χ1) is 12.9. The van der Waals surface area contributed by atoms with Crippen molar-refractivity contribution >= 4 is 27.2 Å². The van der Waals surface area contributed by atoms with Crippen LogP contribution in [0.2, 0.25) is 0 Å². The Morgan fingerprint density at radius 3 is 2.48 bits per heavy atom. The largest absolute Gasteiger partial charge is 0.371 e. The van der Waals surface area contributed by atoms with Gasteiger partial charge in [0.2, 0.25) is 0 Å². The number of carbonyl (C=O) groups is 1. The lowest BCUT2D eigenvalue weighted by Crippen LogP contribution is -2.48. The highest BCUT2D eigenvalue weighted by molar-refractivity contribution is 7.90. The summed E-state index contributed by atoms with van der Waals surface area (Å²) in [6, 6.07) is 7.56. The molecule has 1 atom stereocenters. The lowest BCUT2D eigenvalue weighted by molar-refractivity contribution is 0.171. The number of sulfone groups is 1. The normalized spacial score (nSPS) is 21.6. The van der Waals surface area contributed by atoms with E-state index < -0.39 is 9.84 Å². The molecule has 3 rings (SSSR count). The fourth-order valence-electron chi connectivity index (χ4n) is 4.10. The maximum absolute atomic E-state index is 12.8. The number of nitrogens with one attached hydrogen (secondary N) is 1. The van der Waals surface area contributed by atoms with Crippen molar-refractivity contribution in [3.05, 3.63) is 24.3 Å². The summed E-state index contributed by atoms with van der Waals surface area (Å²) in [5.74, 6) is 0.0359. The van der Waals surface area contributed by atoms with Crippen LogP contribution < -0.4 is 10.2 Å². The van der Waals surface area contributed by atoms with Gasteiger partial charge in [-0.05, 0) is 50.3 Å². The first kappa shape index (κ1) is 20.0. The van der Waals surface area contributed by atoms with Gasteiger partial charge in [-0.2, -0.15) is 0 Å². The van der Waals surface area contributed by atoms with Crippen LogP contribution in [0.4, 0.5) is 16.2 Å². The van der Waals surface area contributed by atoms with E-state index in [1.54, 1.807) is 4.90 Å². The number of anilines is 2. The fraction of sp³-hybridized carbons (Fsp3) is 0.650. The number of benzene rings is 1. The molecule has 2 heterocycles. The van der Waals surface area contributed by atoms with Gasteiger partial charge in [0.25, 0.3) is 0 Å². The van der Waals surface area contributed by atoms with Crippen molar-refractivity contribution in [2.45, 2.75) is 51.0 Å². The summed E-state index contributed by atoms with van der Waals surface area (Å²) < 4.78 is 23.4. The molecule has 7 heteroatoms. The number of hydrogen-bond donors (Lipinski definition) is 1. The number of nitrogens with zero attached hydrogens (tertiary/aromatic N) is 2. The molecule has 2 amide bonds. The summed E-state index contributed by atoms with van der Waals surface area (Å²) in [6.45, 7) is 2.72. The Kier molecular flexibility index (Phi) is 6.63. The molecule has 0 spiro atoms. The van der Waals surface area contributed by atoms with Crippen molar-refractivity contribution in [1.82, 2.24) is 4.90 Å². The molecule has 0 radical (unpaired) electrons. The second-order valence-electron chi connectivity index (χ2n) is 7.82. The number of piperidine rings is 1. The maximum atomic E-state index is 12.8. The van der Waals surface area contributed by atoms with E-state index in [0.29, 0.717) is 6.54 Å². The number of urea groups is 1. The van der Waals surface area contributed by atoms with Gasteiger partial charge in [-0.3, -0.25) is 0 Å². The standard InChI is InChI=1S/C20H31N3O3S/c1-27(25,26)16-19-10-4-7-14-23(19)20(24)21-17-9-8-11-18(15-17)22-12-5-2-3-6-13-22/h8-9,11,15,19H,2-7,10,12-14,16H2,1H3,(H,21,24). The van der Waals surface area contributed by atoms with Crippen LogP contribution >= 0.6 is 0 Å². The van der Waals surface area contributed by atoms with E-state index in [1.807, 2.05) is 18.2 Å². The van der Waals surface area contributed by atoms with Gasteiger partial charge in [0, 0.05) is 43.3 Å². The molecule has 1 aromatic rings. The summed E-state index contributed by atoms with van der Waals surface area (Å²) in [4.78, 5) is 16.9. The zero-order valence-corrected chi connectivity index (χ0v) is 17.0. The number of likely N-dealkylation sites (tertiary alicyclic amines) is 1. The lowest BCUT2D eigenvalue weighted by atomic mass is 10.0. The highest BCUT2D eigenvalue weighted by Crippen LogP contribution is 2.24. The van der Waals surface area contributed by atoms with E-state index in [4.69, 9.17) is 0 Å². The first-order valence-electron chi connectivity index (χ1n) is 10.0. The average molecular weight is 394 g/mol. The van der Waals surface area contributed by atoms with Gasteiger partial charge in [-0.1, -0.05) is 18.9 Å². The fourth-order valence-corrected chi connectivity index (χ4v) is 5.14. The SMILES string of the molecule is CS(=O)(=O)CC1CCCCN1C(=O)Nc1cccc(N2CCCCCC2)c1. The molecule has 0 aliphatic carbocycles. The predicted molar refractivity (Wildman–Crippen MR) is 110 cm³/mol. The molecule has 2 saturated heterocycles. The minimum atomic E-state index is -3.12. The summed E-state index contributed by atoms with van der Waals surface area (Å²) in [5.41, 5.74) is 1.91. The van der Waals surface area contributed by atoms with Crippen LogP contribution in [0.1, 0.15) is 44.9 Å². The first-order valence-corrected chi connectivity index (χ1v) is 12.1. The van der Waals surface area contributed by atoms with Crippen molar-refractivity contribution in [1.29, 1.82) is 0 Å². The molecule has 2 aliphatic rings. The van der Waals surface area contributed by atoms with E-state index in [-0.39, 0.29) is 17.8 Å². The summed E-state index contributed by atoms with van der Waals surface area (Å²) >= 11 is 0. The Bertz CT molecular complexity index is 743. The minimum Gasteiger partial charge on any atom is -0.371 e. The topological polar surface area (TPSA) is 69.7 Å². The molecular weight excluding hydrogens is 362 g/mol. The van der Waals surface area contributed by atoms with Crippen molar-refractivity contribution in [3.63, 3.8) is 0 Å². The maximum Gasteiger partial charge on any atom is 0.322 e. The van der Waals surface area contributed by atoms with Crippen molar-refractivity contribution in [2.24, 2.45) is 0 Å². The quantitative estimate of drug-likeness (QED) is 0.850. The monoisotopic (exact) mass is 393 g/mol. The van der Waals surface area contributed by atoms with E-state index in [2.05, 4.69) is 16.3 Å². The van der Waals surface area contributed by atoms with Crippen molar-refractivity contribution in [3.8, 4) is 0 Å². The molecule has 1 aromatic carbocycles. The van der Waals surface area contributed by atoms with Crippen LogP contribution in [0.3, 0.4) is 0 Å². The Morgan fingerprint density at radius 1 is 1.07 bits per heavy atom. The van der Waals surface area contributed by atoms with Crippen LogP contribution in [-0.2, 0) is 9.84 Å². The van der Waals surface area contributed by atoms with E-state index in [0.717, 1.165) is 43.7 Å². The zero-order chi connectivity index (χ0) is 19.3. The average Bonchev–Trinajstić information content (AvgIpc) is 2.90. The van der Waals surface area contributed by atoms with E-state index in [1.165, 1.54) is 31.9 Å². The molecule has 0 aromatic heterocycles. The third-order valence-electron chi connectivity index (χ3n) is 5.45. The Morgan fingerprint density at radius 2 is 1.78 bits per heavy atom. The molecule has 27 heavy (non-hydrogen) atoms.